The zero-order chi connectivity index (χ0) is 19.2. The Bertz CT molecular complexity index is 839. The van der Waals surface area contributed by atoms with Gasteiger partial charge in [-0.2, -0.15) is 0 Å². The third kappa shape index (κ3) is 4.68. The van der Waals surface area contributed by atoms with Crippen molar-refractivity contribution in [3.8, 4) is 11.1 Å². The lowest BCUT2D eigenvalue weighted by Gasteiger charge is -2.26. The number of hydrogen-bond acceptors (Lipinski definition) is 3. The highest BCUT2D eigenvalue weighted by Gasteiger charge is 2.24. The average molecular weight is 361 g/mol. The summed E-state index contributed by atoms with van der Waals surface area (Å²) in [5.41, 5.74) is 6.15. The molecule has 27 heavy (non-hydrogen) atoms. The minimum Gasteiger partial charge on any atom is -0.368 e. The van der Waals surface area contributed by atoms with Crippen LogP contribution in [0.25, 0.3) is 11.1 Å². The van der Waals surface area contributed by atoms with Crippen molar-refractivity contribution in [1.29, 1.82) is 0 Å². The van der Waals surface area contributed by atoms with Crippen molar-refractivity contribution in [2.24, 2.45) is 5.92 Å². The number of Topliss-reactive ketones (excluding diaryl/α,β-unsaturated/α-hetero) is 1. The fraction of sp³-hybridized carbons (Fsp3) is 0.292. The van der Waals surface area contributed by atoms with E-state index in [1.54, 1.807) is 13.1 Å². The van der Waals surface area contributed by atoms with Gasteiger partial charge in [-0.15, -0.1) is 0 Å². The van der Waals surface area contributed by atoms with Crippen molar-refractivity contribution in [2.45, 2.75) is 26.7 Å². The highest BCUT2D eigenvalue weighted by atomic mass is 16.1. The summed E-state index contributed by atoms with van der Waals surface area (Å²) in [7, 11) is 0. The largest absolute Gasteiger partial charge is 0.368 e. The SMILES string of the molecule is C=CN/C=C(\C)CN1CCC(C(C)=O)Cc2cc(-c3ccccc3)ccc21. The van der Waals surface area contributed by atoms with Crippen LogP contribution >= 0.6 is 0 Å². The lowest BCUT2D eigenvalue weighted by Crippen LogP contribution is -2.27. The van der Waals surface area contributed by atoms with Gasteiger partial charge in [0.05, 0.1) is 0 Å². The average Bonchev–Trinajstić information content (AvgIpc) is 2.86. The topological polar surface area (TPSA) is 32.3 Å². The summed E-state index contributed by atoms with van der Waals surface area (Å²) in [6, 6.07) is 17.1. The smallest absolute Gasteiger partial charge is 0.133 e. The Morgan fingerprint density at radius 3 is 2.67 bits per heavy atom. The van der Waals surface area contributed by atoms with Crippen LogP contribution in [0, 0.1) is 5.92 Å². The first-order chi connectivity index (χ1) is 13.1. The normalized spacial score (nSPS) is 17.0. The number of nitrogens with one attached hydrogen (secondary N) is 1. The van der Waals surface area contributed by atoms with E-state index in [0.29, 0.717) is 0 Å². The van der Waals surface area contributed by atoms with Crippen LogP contribution in [0.1, 0.15) is 25.8 Å². The van der Waals surface area contributed by atoms with Crippen molar-refractivity contribution in [3.63, 3.8) is 0 Å². The number of carbonyl (C=O) groups is 1. The number of fused-ring (bicyclic) bond motifs is 1. The minimum absolute atomic E-state index is 0.0929. The molecule has 0 amide bonds. The summed E-state index contributed by atoms with van der Waals surface area (Å²) >= 11 is 0. The van der Waals surface area contributed by atoms with Gasteiger partial charge >= 0.3 is 0 Å². The first kappa shape index (κ1) is 19.0. The van der Waals surface area contributed by atoms with Crippen LogP contribution in [0.2, 0.25) is 0 Å². The lowest BCUT2D eigenvalue weighted by atomic mass is 9.92. The van der Waals surface area contributed by atoms with Crippen molar-refractivity contribution in [2.75, 3.05) is 18.0 Å². The van der Waals surface area contributed by atoms with E-state index < -0.39 is 0 Å². The van der Waals surface area contributed by atoms with E-state index in [0.717, 1.165) is 25.9 Å². The molecule has 1 aliphatic rings. The lowest BCUT2D eigenvalue weighted by molar-refractivity contribution is -0.120. The quantitative estimate of drug-likeness (QED) is 0.791. The number of benzene rings is 2. The van der Waals surface area contributed by atoms with E-state index in [9.17, 15) is 4.79 Å². The van der Waals surface area contributed by atoms with Gasteiger partial charge < -0.3 is 10.2 Å². The Kier molecular flexibility index (Phi) is 6.12. The van der Waals surface area contributed by atoms with E-state index >= 15 is 0 Å². The molecule has 1 atom stereocenters. The highest BCUT2D eigenvalue weighted by Crippen LogP contribution is 2.33. The van der Waals surface area contributed by atoms with E-state index in [1.165, 1.54) is 28.0 Å². The number of hydrogen-bond donors (Lipinski definition) is 1. The van der Waals surface area contributed by atoms with Crippen LogP contribution in [0.3, 0.4) is 0 Å². The van der Waals surface area contributed by atoms with Crippen LogP contribution in [0.5, 0.6) is 0 Å². The maximum atomic E-state index is 12.1. The van der Waals surface area contributed by atoms with Gasteiger partial charge in [0, 0.05) is 30.9 Å². The highest BCUT2D eigenvalue weighted by molar-refractivity contribution is 5.80. The molecule has 1 N–H and O–H groups in total. The maximum Gasteiger partial charge on any atom is 0.133 e. The van der Waals surface area contributed by atoms with Gasteiger partial charge in [0.1, 0.15) is 5.78 Å². The molecule has 0 aliphatic carbocycles. The van der Waals surface area contributed by atoms with Gasteiger partial charge in [-0.05, 0) is 67.3 Å². The van der Waals surface area contributed by atoms with Gasteiger partial charge in [0.25, 0.3) is 0 Å². The third-order valence-corrected chi connectivity index (χ3v) is 5.20. The zero-order valence-electron chi connectivity index (χ0n) is 16.2. The summed E-state index contributed by atoms with van der Waals surface area (Å²) < 4.78 is 0. The molecule has 0 spiro atoms. The Balaban J connectivity index is 1.96. The second-order valence-corrected chi connectivity index (χ2v) is 7.29. The molecule has 0 saturated heterocycles. The van der Waals surface area contributed by atoms with Gasteiger partial charge in [-0.3, -0.25) is 4.79 Å². The molecule has 3 rings (SSSR count). The molecule has 1 unspecified atom stereocenters. The molecule has 2 aromatic rings. The van der Waals surface area contributed by atoms with Crippen molar-refractivity contribution in [3.05, 3.63) is 78.6 Å². The molecule has 140 valence electrons. The summed E-state index contributed by atoms with van der Waals surface area (Å²) in [5, 5.41) is 3.06. The van der Waals surface area contributed by atoms with Gasteiger partial charge in [-0.1, -0.05) is 43.0 Å². The summed E-state index contributed by atoms with van der Waals surface area (Å²) in [6.45, 7) is 9.25. The van der Waals surface area contributed by atoms with E-state index in [2.05, 4.69) is 66.2 Å². The number of rotatable bonds is 6. The van der Waals surface area contributed by atoms with Gasteiger partial charge in [0.2, 0.25) is 0 Å². The third-order valence-electron chi connectivity index (χ3n) is 5.20. The summed E-state index contributed by atoms with van der Waals surface area (Å²) in [5.74, 6) is 0.379. The van der Waals surface area contributed by atoms with Crippen LogP contribution in [-0.2, 0) is 11.2 Å². The second-order valence-electron chi connectivity index (χ2n) is 7.29. The molecule has 0 radical (unpaired) electrons. The van der Waals surface area contributed by atoms with Crippen LogP contribution in [0.4, 0.5) is 5.69 Å². The molecule has 1 aliphatic heterocycles. The zero-order valence-corrected chi connectivity index (χ0v) is 16.2. The molecule has 0 saturated carbocycles. The Morgan fingerprint density at radius 1 is 1.19 bits per heavy atom. The number of carbonyl (C=O) groups excluding carboxylic acids is 1. The predicted molar refractivity (Wildman–Crippen MR) is 114 cm³/mol. The van der Waals surface area contributed by atoms with Crippen LogP contribution < -0.4 is 10.2 Å². The van der Waals surface area contributed by atoms with Gasteiger partial charge in [0.15, 0.2) is 0 Å². The fourth-order valence-electron chi connectivity index (χ4n) is 3.73. The minimum atomic E-state index is 0.0929. The molecule has 0 bridgehead atoms. The van der Waals surface area contributed by atoms with Crippen molar-refractivity contribution in [1.82, 2.24) is 5.32 Å². The monoisotopic (exact) mass is 360 g/mol. The Labute approximate surface area is 162 Å². The predicted octanol–water partition coefficient (Wildman–Crippen LogP) is 4.95. The standard InChI is InChI=1S/C24H28N2O/c1-4-25-16-18(2)17-26-13-12-21(19(3)27)14-23-15-22(10-11-24(23)26)20-8-6-5-7-9-20/h4-11,15-16,21,25H,1,12-14,17H2,2-3H3/b18-16+. The second kappa shape index (κ2) is 8.72. The number of ketones is 1. The first-order valence-electron chi connectivity index (χ1n) is 9.55. The maximum absolute atomic E-state index is 12.1. The van der Waals surface area contributed by atoms with Crippen LogP contribution in [-0.4, -0.2) is 18.9 Å². The summed E-state index contributed by atoms with van der Waals surface area (Å²) in [4.78, 5) is 14.5. The van der Waals surface area contributed by atoms with Crippen molar-refractivity contribution >= 4 is 11.5 Å². The molecular formula is C24H28N2O. The first-order valence-corrected chi connectivity index (χ1v) is 9.55. The Hall–Kier alpha value is -2.81. The van der Waals surface area contributed by atoms with Crippen LogP contribution in [0.15, 0.2) is 73.1 Å². The van der Waals surface area contributed by atoms with Gasteiger partial charge in [-0.25, -0.2) is 0 Å². The van der Waals surface area contributed by atoms with E-state index in [1.807, 2.05) is 12.3 Å². The van der Waals surface area contributed by atoms with E-state index in [4.69, 9.17) is 0 Å². The Morgan fingerprint density at radius 2 is 1.96 bits per heavy atom. The summed E-state index contributed by atoms with van der Waals surface area (Å²) in [6.07, 6.45) is 5.37. The molecule has 2 aromatic carbocycles. The molecule has 0 aromatic heterocycles. The van der Waals surface area contributed by atoms with E-state index in [-0.39, 0.29) is 11.7 Å². The molecule has 1 heterocycles. The number of anilines is 1. The molecule has 0 fully saturated rings. The fourth-order valence-corrected chi connectivity index (χ4v) is 3.73. The van der Waals surface area contributed by atoms with Crippen molar-refractivity contribution < 1.29 is 4.79 Å². The molecule has 3 nitrogen and oxygen atoms in total. The molecular weight excluding hydrogens is 332 g/mol. The number of nitrogens with zero attached hydrogens (tertiary/aromatic N) is 1. The molecule has 3 heteroatoms.